The number of hydrogen-bond donors (Lipinski definition) is 1. The smallest absolute Gasteiger partial charge is 0.181 e. The molecule has 1 N–H and O–H groups in total. The standard InChI is InChI=1S/C15H15N3OS/c1-2-15-18-8-13(20-15)7-17-12-5-3-4-11(6-12)14-9-16-10-19-14/h3-6,8-10,17H,2,7H2,1H3. The number of nitrogens with zero attached hydrogens (tertiary/aromatic N) is 2. The van der Waals surface area contributed by atoms with Gasteiger partial charge in [0.05, 0.1) is 17.7 Å². The summed E-state index contributed by atoms with van der Waals surface area (Å²) in [6.07, 6.45) is 6.09. The molecule has 0 unspecified atom stereocenters. The van der Waals surface area contributed by atoms with Gasteiger partial charge in [-0.3, -0.25) is 0 Å². The van der Waals surface area contributed by atoms with Crippen molar-refractivity contribution in [2.45, 2.75) is 19.9 Å². The van der Waals surface area contributed by atoms with E-state index in [1.165, 1.54) is 16.3 Å². The normalized spacial score (nSPS) is 10.7. The van der Waals surface area contributed by atoms with Crippen LogP contribution in [-0.4, -0.2) is 9.97 Å². The van der Waals surface area contributed by atoms with E-state index in [1.54, 1.807) is 17.5 Å². The van der Waals surface area contributed by atoms with Crippen LogP contribution in [0, 0.1) is 0 Å². The summed E-state index contributed by atoms with van der Waals surface area (Å²) in [5.41, 5.74) is 2.08. The largest absolute Gasteiger partial charge is 0.444 e. The number of benzene rings is 1. The molecule has 0 fully saturated rings. The Bertz CT molecular complexity index is 676. The predicted octanol–water partition coefficient (Wildman–Crippen LogP) is 3.97. The van der Waals surface area contributed by atoms with E-state index in [0.29, 0.717) is 0 Å². The van der Waals surface area contributed by atoms with Gasteiger partial charge in [-0.1, -0.05) is 19.1 Å². The fraction of sp³-hybridized carbons (Fsp3) is 0.200. The number of anilines is 1. The SMILES string of the molecule is CCc1ncc(CNc2cccc(-c3cnco3)c2)s1. The van der Waals surface area contributed by atoms with Crippen molar-refractivity contribution in [3.05, 3.63) is 52.9 Å². The van der Waals surface area contributed by atoms with Crippen molar-refractivity contribution in [1.82, 2.24) is 9.97 Å². The van der Waals surface area contributed by atoms with Crippen molar-refractivity contribution < 1.29 is 4.42 Å². The molecule has 0 aliphatic rings. The molecule has 0 saturated heterocycles. The van der Waals surface area contributed by atoms with Gasteiger partial charge in [0.15, 0.2) is 12.2 Å². The van der Waals surface area contributed by atoms with Crippen molar-refractivity contribution in [3.63, 3.8) is 0 Å². The summed E-state index contributed by atoms with van der Waals surface area (Å²) in [5, 5.41) is 4.59. The molecule has 20 heavy (non-hydrogen) atoms. The lowest BCUT2D eigenvalue weighted by Gasteiger charge is -2.05. The third-order valence-electron chi connectivity index (χ3n) is 2.95. The van der Waals surface area contributed by atoms with E-state index < -0.39 is 0 Å². The Kier molecular flexibility index (Phi) is 3.78. The first kappa shape index (κ1) is 12.9. The number of rotatable bonds is 5. The second-order valence-electron chi connectivity index (χ2n) is 4.37. The first-order valence-electron chi connectivity index (χ1n) is 6.51. The predicted molar refractivity (Wildman–Crippen MR) is 80.8 cm³/mol. The molecule has 3 aromatic rings. The molecule has 2 heterocycles. The first-order valence-corrected chi connectivity index (χ1v) is 7.33. The molecule has 1 aromatic carbocycles. The number of aryl methyl sites for hydroxylation is 1. The van der Waals surface area contributed by atoms with Crippen molar-refractivity contribution in [3.8, 4) is 11.3 Å². The molecule has 0 bridgehead atoms. The molecule has 0 atom stereocenters. The van der Waals surface area contributed by atoms with Crippen LogP contribution in [0.25, 0.3) is 11.3 Å². The summed E-state index contributed by atoms with van der Waals surface area (Å²) in [5.74, 6) is 0.778. The third kappa shape index (κ3) is 2.88. The minimum Gasteiger partial charge on any atom is -0.444 e. The van der Waals surface area contributed by atoms with Crippen molar-refractivity contribution in [2.75, 3.05) is 5.32 Å². The fourth-order valence-corrected chi connectivity index (χ4v) is 2.73. The van der Waals surface area contributed by atoms with E-state index in [1.807, 2.05) is 24.4 Å². The zero-order valence-electron chi connectivity index (χ0n) is 11.2. The topological polar surface area (TPSA) is 51.0 Å². The van der Waals surface area contributed by atoms with Gasteiger partial charge in [-0.05, 0) is 18.6 Å². The summed E-state index contributed by atoms with van der Waals surface area (Å²) >= 11 is 1.75. The maximum Gasteiger partial charge on any atom is 0.181 e. The molecule has 0 spiro atoms. The van der Waals surface area contributed by atoms with Crippen LogP contribution in [0.1, 0.15) is 16.8 Å². The first-order chi connectivity index (χ1) is 9.85. The molecule has 0 radical (unpaired) electrons. The van der Waals surface area contributed by atoms with Gasteiger partial charge in [-0.2, -0.15) is 0 Å². The van der Waals surface area contributed by atoms with Gasteiger partial charge in [0.2, 0.25) is 0 Å². The molecule has 102 valence electrons. The van der Waals surface area contributed by atoms with E-state index in [-0.39, 0.29) is 0 Å². The summed E-state index contributed by atoms with van der Waals surface area (Å²) in [4.78, 5) is 9.54. The Morgan fingerprint density at radius 1 is 1.30 bits per heavy atom. The summed E-state index contributed by atoms with van der Waals surface area (Å²) in [6.45, 7) is 2.91. The molecule has 0 amide bonds. The van der Waals surface area contributed by atoms with Crippen LogP contribution in [0.3, 0.4) is 0 Å². The van der Waals surface area contributed by atoms with Gasteiger partial charge < -0.3 is 9.73 Å². The Balaban J connectivity index is 1.70. The van der Waals surface area contributed by atoms with E-state index in [2.05, 4.69) is 28.3 Å². The van der Waals surface area contributed by atoms with Crippen LogP contribution in [0.5, 0.6) is 0 Å². The van der Waals surface area contributed by atoms with Crippen LogP contribution in [0.15, 0.2) is 47.5 Å². The zero-order valence-corrected chi connectivity index (χ0v) is 12.0. The second-order valence-corrected chi connectivity index (χ2v) is 5.57. The molecular weight excluding hydrogens is 270 g/mol. The summed E-state index contributed by atoms with van der Waals surface area (Å²) in [7, 11) is 0. The lowest BCUT2D eigenvalue weighted by Crippen LogP contribution is -1.97. The van der Waals surface area contributed by atoms with Gasteiger partial charge in [-0.15, -0.1) is 11.3 Å². The maximum atomic E-state index is 5.31. The van der Waals surface area contributed by atoms with Gasteiger partial charge in [0.25, 0.3) is 0 Å². The summed E-state index contributed by atoms with van der Waals surface area (Å²) in [6, 6.07) is 8.11. The molecule has 5 heteroatoms. The van der Waals surface area contributed by atoms with Crippen LogP contribution >= 0.6 is 11.3 Å². The van der Waals surface area contributed by atoms with Crippen LogP contribution in [-0.2, 0) is 13.0 Å². The van der Waals surface area contributed by atoms with Crippen molar-refractivity contribution in [2.24, 2.45) is 0 Å². The van der Waals surface area contributed by atoms with Gasteiger partial charge >= 0.3 is 0 Å². The monoisotopic (exact) mass is 285 g/mol. The number of oxazole rings is 1. The number of nitrogens with one attached hydrogen (secondary N) is 1. The van der Waals surface area contributed by atoms with Crippen molar-refractivity contribution in [1.29, 1.82) is 0 Å². The van der Waals surface area contributed by atoms with Crippen LogP contribution < -0.4 is 5.32 Å². The molecule has 0 saturated carbocycles. The van der Waals surface area contributed by atoms with Gasteiger partial charge in [0, 0.05) is 22.3 Å². The average molecular weight is 285 g/mol. The Morgan fingerprint density at radius 2 is 2.25 bits per heavy atom. The van der Waals surface area contributed by atoms with Crippen LogP contribution in [0.2, 0.25) is 0 Å². The highest BCUT2D eigenvalue weighted by molar-refractivity contribution is 7.11. The summed E-state index contributed by atoms with van der Waals surface area (Å²) < 4.78 is 5.31. The van der Waals surface area contributed by atoms with Crippen LogP contribution in [0.4, 0.5) is 5.69 Å². The highest BCUT2D eigenvalue weighted by Crippen LogP contribution is 2.23. The van der Waals surface area contributed by atoms with E-state index in [4.69, 9.17) is 4.42 Å². The Hall–Kier alpha value is -2.14. The Labute approximate surface area is 121 Å². The minimum absolute atomic E-state index is 0.778. The number of thiazole rings is 1. The van der Waals surface area contributed by atoms with E-state index >= 15 is 0 Å². The zero-order chi connectivity index (χ0) is 13.8. The third-order valence-corrected chi connectivity index (χ3v) is 4.09. The van der Waals surface area contributed by atoms with Gasteiger partial charge in [-0.25, -0.2) is 9.97 Å². The molecular formula is C15H15N3OS. The average Bonchev–Trinajstić information content (AvgIpc) is 3.17. The Morgan fingerprint density at radius 3 is 3.00 bits per heavy atom. The lowest BCUT2D eigenvalue weighted by atomic mass is 10.1. The fourth-order valence-electron chi connectivity index (χ4n) is 1.92. The molecule has 3 rings (SSSR count). The van der Waals surface area contributed by atoms with Gasteiger partial charge in [0.1, 0.15) is 0 Å². The number of hydrogen-bond acceptors (Lipinski definition) is 5. The quantitative estimate of drug-likeness (QED) is 0.770. The highest BCUT2D eigenvalue weighted by atomic mass is 32.1. The number of aromatic nitrogens is 2. The maximum absolute atomic E-state index is 5.31. The molecule has 2 aromatic heterocycles. The van der Waals surface area contributed by atoms with Crippen molar-refractivity contribution >= 4 is 17.0 Å². The minimum atomic E-state index is 0.778. The van der Waals surface area contributed by atoms with E-state index in [9.17, 15) is 0 Å². The van der Waals surface area contributed by atoms with E-state index in [0.717, 1.165) is 30.0 Å². The highest BCUT2D eigenvalue weighted by Gasteiger charge is 2.03. The lowest BCUT2D eigenvalue weighted by molar-refractivity contribution is 0.572. The second kappa shape index (κ2) is 5.88. The molecule has 0 aliphatic heterocycles. The molecule has 0 aliphatic carbocycles. The molecule has 4 nitrogen and oxygen atoms in total.